The summed E-state index contributed by atoms with van der Waals surface area (Å²) >= 11 is 0. The van der Waals surface area contributed by atoms with E-state index in [-0.39, 0.29) is 47.0 Å². The van der Waals surface area contributed by atoms with Crippen LogP contribution >= 0.6 is 0 Å². The van der Waals surface area contributed by atoms with Gasteiger partial charge >= 0.3 is 6.09 Å². The maximum Gasteiger partial charge on any atom is 0.412 e. The highest BCUT2D eigenvalue weighted by Gasteiger charge is 2.22. The summed E-state index contributed by atoms with van der Waals surface area (Å²) in [5.74, 6) is -1.51. The normalized spacial score (nSPS) is 10.8. The quantitative estimate of drug-likeness (QED) is 0.182. The van der Waals surface area contributed by atoms with Crippen LogP contribution < -0.4 is 15.4 Å². The van der Waals surface area contributed by atoms with E-state index in [1.807, 2.05) is 6.07 Å². The molecule has 0 aliphatic rings. The first-order valence-corrected chi connectivity index (χ1v) is 12.4. The molecule has 40 heavy (non-hydrogen) atoms. The fraction of sp³-hybridized carbons (Fsp3) is 0.267. The maximum absolute atomic E-state index is 14.8. The molecular formula is C30H30FN3O6. The first-order valence-electron chi connectivity index (χ1n) is 12.4. The summed E-state index contributed by atoms with van der Waals surface area (Å²) in [5, 5.41) is 14.3. The molecule has 3 aromatic carbocycles. The Morgan fingerprint density at radius 2 is 1.65 bits per heavy atom. The second-order valence-corrected chi connectivity index (χ2v) is 9.68. The van der Waals surface area contributed by atoms with Gasteiger partial charge in [0.15, 0.2) is 5.78 Å². The van der Waals surface area contributed by atoms with Gasteiger partial charge in [0.2, 0.25) is 5.91 Å². The van der Waals surface area contributed by atoms with Crippen molar-refractivity contribution in [2.75, 3.05) is 31.0 Å². The van der Waals surface area contributed by atoms with Gasteiger partial charge in [0.05, 0.1) is 36.0 Å². The molecule has 0 bridgehead atoms. The standard InChI is InChI=1S/C30H30FN3O6/c1-30(2,3)40-29(37)34-25-16-27(39-13-12-38-4)22(21-10-5-6-11-23(21)31)15-24(25)33-28(36)17-26(35)20-9-7-8-19(14-20)18-32/h5-11,14-16H,12-13,17H2,1-4H3,(H,33,36)(H,34,37). The van der Waals surface area contributed by atoms with E-state index in [4.69, 9.17) is 19.5 Å². The van der Waals surface area contributed by atoms with E-state index >= 15 is 0 Å². The Hall–Kier alpha value is -4.75. The first kappa shape index (κ1) is 29.8. The Labute approximate surface area is 231 Å². The number of benzene rings is 3. The fourth-order valence-corrected chi connectivity index (χ4v) is 3.65. The number of hydrogen-bond acceptors (Lipinski definition) is 7. The van der Waals surface area contributed by atoms with Crippen LogP contribution in [0.2, 0.25) is 0 Å². The Morgan fingerprint density at radius 1 is 0.925 bits per heavy atom. The van der Waals surface area contributed by atoms with Crippen LogP contribution in [0.3, 0.4) is 0 Å². The van der Waals surface area contributed by atoms with Crippen LogP contribution in [0.4, 0.5) is 20.6 Å². The summed E-state index contributed by atoms with van der Waals surface area (Å²) in [5.41, 5.74) is 0.374. The Bertz CT molecular complexity index is 1440. The van der Waals surface area contributed by atoms with Gasteiger partial charge in [-0.05, 0) is 45.0 Å². The summed E-state index contributed by atoms with van der Waals surface area (Å²) in [6.45, 7) is 5.47. The van der Waals surface area contributed by atoms with Gasteiger partial charge in [-0.25, -0.2) is 9.18 Å². The number of methoxy groups -OCH3 is 1. The lowest BCUT2D eigenvalue weighted by atomic mass is 10.0. The SMILES string of the molecule is COCCOc1cc(NC(=O)OC(C)(C)C)c(NC(=O)CC(=O)c2cccc(C#N)c2)cc1-c1ccccc1F. The monoisotopic (exact) mass is 547 g/mol. The lowest BCUT2D eigenvalue weighted by Gasteiger charge is -2.22. The number of anilines is 2. The molecule has 0 aromatic heterocycles. The number of hydrogen-bond donors (Lipinski definition) is 2. The summed E-state index contributed by atoms with van der Waals surface area (Å²) < 4.78 is 31.1. The highest BCUT2D eigenvalue weighted by atomic mass is 19.1. The maximum atomic E-state index is 14.8. The first-order chi connectivity index (χ1) is 19.0. The molecular weight excluding hydrogens is 517 g/mol. The van der Waals surface area contributed by atoms with Gasteiger partial charge in [0, 0.05) is 29.9 Å². The Kier molecular flexibility index (Phi) is 9.95. The molecule has 0 fully saturated rings. The molecule has 9 nitrogen and oxygen atoms in total. The zero-order valence-electron chi connectivity index (χ0n) is 22.7. The minimum absolute atomic E-state index is 0.0896. The van der Waals surface area contributed by atoms with Gasteiger partial charge in [-0.3, -0.25) is 14.9 Å². The van der Waals surface area contributed by atoms with Crippen LogP contribution in [-0.4, -0.2) is 43.7 Å². The van der Waals surface area contributed by atoms with E-state index in [1.54, 1.807) is 51.1 Å². The number of carbonyl (C=O) groups excluding carboxylic acids is 3. The van der Waals surface area contributed by atoms with Crippen molar-refractivity contribution in [3.63, 3.8) is 0 Å². The van der Waals surface area contributed by atoms with Gasteiger partial charge in [-0.15, -0.1) is 0 Å². The second-order valence-electron chi connectivity index (χ2n) is 9.68. The number of ketones is 1. The second kappa shape index (κ2) is 13.4. The number of nitrogens with one attached hydrogen (secondary N) is 2. The van der Waals surface area contributed by atoms with Crippen molar-refractivity contribution in [1.29, 1.82) is 5.26 Å². The summed E-state index contributed by atoms with van der Waals surface area (Å²) in [4.78, 5) is 38.3. The van der Waals surface area contributed by atoms with Crippen LogP contribution in [0, 0.1) is 17.1 Å². The number of ether oxygens (including phenoxy) is 3. The van der Waals surface area contributed by atoms with Gasteiger partial charge < -0.3 is 19.5 Å². The van der Waals surface area contributed by atoms with Crippen LogP contribution in [-0.2, 0) is 14.3 Å². The number of halogens is 1. The number of amides is 2. The minimum Gasteiger partial charge on any atom is -0.490 e. The third-order valence-electron chi connectivity index (χ3n) is 5.37. The molecule has 0 unspecified atom stereocenters. The molecule has 2 N–H and O–H groups in total. The molecule has 0 aliphatic heterocycles. The Morgan fingerprint density at radius 3 is 2.33 bits per heavy atom. The molecule has 10 heteroatoms. The lowest BCUT2D eigenvalue weighted by molar-refractivity contribution is -0.115. The van der Waals surface area contributed by atoms with Crippen LogP contribution in [0.5, 0.6) is 5.75 Å². The minimum atomic E-state index is -0.803. The van der Waals surface area contributed by atoms with Crippen LogP contribution in [0.25, 0.3) is 11.1 Å². The molecule has 0 heterocycles. The smallest absolute Gasteiger partial charge is 0.412 e. The third-order valence-corrected chi connectivity index (χ3v) is 5.37. The summed E-state index contributed by atoms with van der Waals surface area (Å²) in [6, 6.07) is 16.9. The van der Waals surface area contributed by atoms with Gasteiger partial charge in [-0.1, -0.05) is 30.3 Å². The molecule has 0 spiro atoms. The summed E-state index contributed by atoms with van der Waals surface area (Å²) in [6.07, 6.45) is -1.34. The average Bonchev–Trinajstić information content (AvgIpc) is 2.89. The van der Waals surface area contributed by atoms with Crippen molar-refractivity contribution < 1.29 is 33.0 Å². The molecule has 0 saturated carbocycles. The molecule has 208 valence electrons. The van der Waals surface area contributed by atoms with E-state index in [1.165, 1.54) is 37.4 Å². The van der Waals surface area contributed by atoms with Crippen molar-refractivity contribution in [3.8, 4) is 22.9 Å². The number of nitriles is 1. The van der Waals surface area contributed by atoms with Crippen LogP contribution in [0.15, 0.2) is 60.7 Å². The molecule has 2 amide bonds. The highest BCUT2D eigenvalue weighted by molar-refractivity contribution is 6.12. The van der Waals surface area contributed by atoms with Crippen molar-refractivity contribution >= 4 is 29.2 Å². The molecule has 0 saturated heterocycles. The number of rotatable bonds is 10. The van der Waals surface area contributed by atoms with Gasteiger partial charge in [0.1, 0.15) is 23.8 Å². The number of Topliss-reactive ketones (excluding diaryl/α,β-unsaturated/α-hetero) is 1. The van der Waals surface area contributed by atoms with E-state index in [0.717, 1.165) is 0 Å². The van der Waals surface area contributed by atoms with E-state index < -0.39 is 35.6 Å². The van der Waals surface area contributed by atoms with E-state index in [9.17, 15) is 18.8 Å². The molecule has 0 aliphatic carbocycles. The highest BCUT2D eigenvalue weighted by Crippen LogP contribution is 2.39. The molecule has 3 aromatic rings. The lowest BCUT2D eigenvalue weighted by Crippen LogP contribution is -2.28. The molecule has 0 atom stereocenters. The Balaban J connectivity index is 2.01. The van der Waals surface area contributed by atoms with E-state index in [2.05, 4.69) is 10.6 Å². The number of nitrogens with zero attached hydrogens (tertiary/aromatic N) is 1. The fourth-order valence-electron chi connectivity index (χ4n) is 3.65. The molecule has 0 radical (unpaired) electrons. The summed E-state index contributed by atoms with van der Waals surface area (Å²) in [7, 11) is 1.51. The molecule has 3 rings (SSSR count). The zero-order valence-corrected chi connectivity index (χ0v) is 22.7. The number of carbonyl (C=O) groups is 3. The third kappa shape index (κ3) is 8.38. The van der Waals surface area contributed by atoms with Crippen molar-refractivity contribution in [2.24, 2.45) is 0 Å². The van der Waals surface area contributed by atoms with Crippen molar-refractivity contribution in [3.05, 3.63) is 77.6 Å². The largest absolute Gasteiger partial charge is 0.490 e. The predicted molar refractivity (Wildman–Crippen MR) is 148 cm³/mol. The van der Waals surface area contributed by atoms with Crippen molar-refractivity contribution in [1.82, 2.24) is 0 Å². The average molecular weight is 548 g/mol. The van der Waals surface area contributed by atoms with Gasteiger partial charge in [0.25, 0.3) is 0 Å². The van der Waals surface area contributed by atoms with E-state index in [0.29, 0.717) is 5.56 Å². The topological polar surface area (TPSA) is 127 Å². The predicted octanol–water partition coefficient (Wildman–Crippen LogP) is 5.95. The van der Waals surface area contributed by atoms with Crippen molar-refractivity contribution in [2.45, 2.75) is 32.8 Å². The van der Waals surface area contributed by atoms with Crippen LogP contribution in [0.1, 0.15) is 43.1 Å². The van der Waals surface area contributed by atoms with Gasteiger partial charge in [-0.2, -0.15) is 5.26 Å². The zero-order chi connectivity index (χ0) is 29.3.